The Bertz CT molecular complexity index is 991. The van der Waals surface area contributed by atoms with Gasteiger partial charge in [0.25, 0.3) is 0 Å². The number of carbonyl (C=O) groups is 1. The smallest absolute Gasteiger partial charge is 0.224 e. The summed E-state index contributed by atoms with van der Waals surface area (Å²) in [5, 5.41) is 3.91. The minimum Gasteiger partial charge on any atom is -0.494 e. The highest BCUT2D eigenvalue weighted by Crippen LogP contribution is 2.25. The molecule has 1 atom stereocenters. The number of piperidine rings is 1. The fourth-order valence-electron chi connectivity index (χ4n) is 4.20. The van der Waals surface area contributed by atoms with Crippen molar-refractivity contribution < 1.29 is 9.53 Å². The number of hydrogen-bond donors (Lipinski definition) is 1. The minimum atomic E-state index is -0.288. The Hall–Kier alpha value is -2.89. The Balaban J connectivity index is 1.27. The number of carbonyl (C=O) groups excluding carboxylic acids is 1. The summed E-state index contributed by atoms with van der Waals surface area (Å²) in [7, 11) is 0. The van der Waals surface area contributed by atoms with E-state index in [0.29, 0.717) is 11.6 Å². The van der Waals surface area contributed by atoms with Crippen LogP contribution in [0.25, 0.3) is 0 Å². The third kappa shape index (κ3) is 6.80. The normalized spacial score (nSPS) is 15.7. The third-order valence-corrected chi connectivity index (χ3v) is 6.31. The lowest BCUT2D eigenvalue weighted by Gasteiger charge is -2.32. The number of amides is 1. The highest BCUT2D eigenvalue weighted by Gasteiger charge is 2.27. The van der Waals surface area contributed by atoms with Gasteiger partial charge in [0, 0.05) is 23.7 Å². The van der Waals surface area contributed by atoms with Gasteiger partial charge in [0.2, 0.25) is 5.91 Å². The molecule has 0 bridgehead atoms. The lowest BCUT2D eigenvalue weighted by atomic mass is 9.94. The molecule has 172 valence electrons. The summed E-state index contributed by atoms with van der Waals surface area (Å²) in [4.78, 5) is 20.1. The average Bonchev–Trinajstić information content (AvgIpc) is 2.87. The van der Waals surface area contributed by atoms with Gasteiger partial charge in [-0.2, -0.15) is 0 Å². The fraction of sp³-hybridized carbons (Fsp3) is 0.333. The quantitative estimate of drug-likeness (QED) is 0.447. The zero-order chi connectivity index (χ0) is 22.9. The predicted octanol–water partition coefficient (Wildman–Crippen LogP) is 5.12. The molecule has 0 unspecified atom stereocenters. The van der Waals surface area contributed by atoms with Crippen LogP contribution in [0.1, 0.15) is 36.6 Å². The van der Waals surface area contributed by atoms with Gasteiger partial charge in [-0.05, 0) is 74.3 Å². The van der Waals surface area contributed by atoms with Crippen LogP contribution in [0.2, 0.25) is 5.02 Å². The van der Waals surface area contributed by atoms with E-state index in [-0.39, 0.29) is 17.9 Å². The van der Waals surface area contributed by atoms with E-state index in [9.17, 15) is 4.79 Å². The first-order valence-corrected chi connectivity index (χ1v) is 11.9. The summed E-state index contributed by atoms with van der Waals surface area (Å²) in [6.07, 6.45) is 4.45. The molecule has 4 rings (SSSR count). The number of rotatable bonds is 9. The molecule has 3 aromatic rings. The highest BCUT2D eigenvalue weighted by molar-refractivity contribution is 6.30. The zero-order valence-corrected chi connectivity index (χ0v) is 19.5. The number of halogens is 1. The molecule has 1 aromatic heterocycles. The number of nitrogens with zero attached hydrogens (tertiary/aromatic N) is 2. The van der Waals surface area contributed by atoms with Gasteiger partial charge in [0.1, 0.15) is 5.75 Å². The van der Waals surface area contributed by atoms with E-state index in [1.54, 1.807) is 6.20 Å². The van der Waals surface area contributed by atoms with Gasteiger partial charge in [0.15, 0.2) is 0 Å². The van der Waals surface area contributed by atoms with Crippen molar-refractivity contribution in [3.63, 3.8) is 0 Å². The van der Waals surface area contributed by atoms with Gasteiger partial charge in [-0.1, -0.05) is 48.0 Å². The zero-order valence-electron chi connectivity index (χ0n) is 18.7. The second-order valence-corrected chi connectivity index (χ2v) is 8.82. The maximum atomic E-state index is 13.1. The molecule has 33 heavy (non-hydrogen) atoms. The van der Waals surface area contributed by atoms with Gasteiger partial charge < -0.3 is 15.0 Å². The third-order valence-electron chi connectivity index (χ3n) is 6.06. The van der Waals surface area contributed by atoms with E-state index >= 15 is 0 Å². The van der Waals surface area contributed by atoms with Gasteiger partial charge in [-0.25, -0.2) is 0 Å². The second-order valence-electron chi connectivity index (χ2n) is 8.38. The molecule has 6 heteroatoms. The van der Waals surface area contributed by atoms with E-state index < -0.39 is 0 Å². The molecule has 0 saturated carbocycles. The van der Waals surface area contributed by atoms with Gasteiger partial charge >= 0.3 is 0 Å². The van der Waals surface area contributed by atoms with Crippen LogP contribution in [0.3, 0.4) is 0 Å². The maximum Gasteiger partial charge on any atom is 0.224 e. The summed E-state index contributed by atoms with van der Waals surface area (Å²) in [5.41, 5.74) is 1.80. The van der Waals surface area contributed by atoms with Gasteiger partial charge in [-0.3, -0.25) is 9.78 Å². The van der Waals surface area contributed by atoms with Crippen molar-refractivity contribution in [3.05, 3.63) is 95.3 Å². The van der Waals surface area contributed by atoms with Crippen LogP contribution in [-0.2, 0) is 4.79 Å². The summed E-state index contributed by atoms with van der Waals surface area (Å²) < 4.78 is 5.79. The lowest BCUT2D eigenvalue weighted by Crippen LogP contribution is -2.42. The lowest BCUT2D eigenvalue weighted by molar-refractivity contribution is -0.127. The molecule has 1 aliphatic heterocycles. The van der Waals surface area contributed by atoms with Crippen LogP contribution in [0.5, 0.6) is 5.75 Å². The van der Waals surface area contributed by atoms with E-state index in [0.717, 1.165) is 55.9 Å². The van der Waals surface area contributed by atoms with E-state index in [1.165, 1.54) is 0 Å². The molecule has 0 aliphatic carbocycles. The Morgan fingerprint density at radius 1 is 1.03 bits per heavy atom. The summed E-state index contributed by atoms with van der Waals surface area (Å²) in [6, 6.07) is 23.0. The second kappa shape index (κ2) is 11.8. The Labute approximate surface area is 200 Å². The molecule has 1 N–H and O–H groups in total. The Morgan fingerprint density at radius 3 is 2.45 bits per heavy atom. The van der Waals surface area contributed by atoms with Crippen molar-refractivity contribution in [2.75, 3.05) is 26.2 Å². The first-order valence-electron chi connectivity index (χ1n) is 11.6. The fourth-order valence-corrected chi connectivity index (χ4v) is 4.33. The summed E-state index contributed by atoms with van der Waals surface area (Å²) >= 11 is 6.06. The monoisotopic (exact) mass is 463 g/mol. The molecule has 0 spiro atoms. The van der Waals surface area contributed by atoms with Crippen LogP contribution in [0, 0.1) is 5.92 Å². The number of para-hydroxylation sites is 1. The highest BCUT2D eigenvalue weighted by atomic mass is 35.5. The molecule has 1 fully saturated rings. The molecule has 1 amide bonds. The van der Waals surface area contributed by atoms with Crippen molar-refractivity contribution >= 4 is 17.5 Å². The van der Waals surface area contributed by atoms with Gasteiger partial charge in [-0.15, -0.1) is 0 Å². The number of aromatic nitrogens is 1. The van der Waals surface area contributed by atoms with Crippen molar-refractivity contribution in [2.24, 2.45) is 5.92 Å². The van der Waals surface area contributed by atoms with Crippen molar-refractivity contribution in [2.45, 2.75) is 25.3 Å². The molecular formula is C27H30ClN3O2. The first-order chi connectivity index (χ1) is 16.2. The van der Waals surface area contributed by atoms with E-state index in [1.807, 2.05) is 72.8 Å². The Kier molecular flexibility index (Phi) is 8.34. The number of nitrogens with one attached hydrogen (secondary N) is 1. The SMILES string of the molecule is O=C(N[C@H](c1ccc(Cl)cc1)c1ccccn1)C1CCN(CCCOc2ccccc2)CC1. The molecule has 1 aliphatic rings. The molecule has 1 saturated heterocycles. The van der Waals surface area contributed by atoms with Crippen LogP contribution in [0.4, 0.5) is 0 Å². The summed E-state index contributed by atoms with van der Waals surface area (Å²) in [6.45, 7) is 3.55. The largest absolute Gasteiger partial charge is 0.494 e. The number of hydrogen-bond acceptors (Lipinski definition) is 4. The summed E-state index contributed by atoms with van der Waals surface area (Å²) in [5.74, 6) is 1.02. The van der Waals surface area contributed by atoms with Gasteiger partial charge in [0.05, 0.1) is 18.3 Å². The van der Waals surface area contributed by atoms with Crippen molar-refractivity contribution in [1.29, 1.82) is 0 Å². The van der Waals surface area contributed by atoms with Crippen LogP contribution >= 0.6 is 11.6 Å². The molecule has 2 heterocycles. The molecule has 5 nitrogen and oxygen atoms in total. The maximum absolute atomic E-state index is 13.1. The van der Waals surface area contributed by atoms with Crippen LogP contribution < -0.4 is 10.1 Å². The van der Waals surface area contributed by atoms with Crippen molar-refractivity contribution in [1.82, 2.24) is 15.2 Å². The molecule has 0 radical (unpaired) electrons. The van der Waals surface area contributed by atoms with E-state index in [2.05, 4.69) is 15.2 Å². The predicted molar refractivity (Wildman–Crippen MR) is 131 cm³/mol. The molecule has 2 aromatic carbocycles. The number of pyridine rings is 1. The standard InChI is InChI=1S/C27H30ClN3O2/c28-23-12-10-21(11-13-23)26(25-9-4-5-16-29-25)30-27(32)22-14-18-31(19-15-22)17-6-20-33-24-7-2-1-3-8-24/h1-5,7-13,16,22,26H,6,14-15,17-20H2,(H,30,32)/t26-/m1/s1. The number of ether oxygens (including phenoxy) is 1. The minimum absolute atomic E-state index is 0.0142. The van der Waals surface area contributed by atoms with Crippen molar-refractivity contribution in [3.8, 4) is 5.75 Å². The number of likely N-dealkylation sites (tertiary alicyclic amines) is 1. The first kappa shape index (κ1) is 23.3. The topological polar surface area (TPSA) is 54.5 Å². The average molecular weight is 464 g/mol. The Morgan fingerprint density at radius 2 is 1.76 bits per heavy atom. The van der Waals surface area contributed by atoms with Crippen LogP contribution in [0.15, 0.2) is 79.0 Å². The number of benzene rings is 2. The van der Waals surface area contributed by atoms with E-state index in [4.69, 9.17) is 16.3 Å². The van der Waals surface area contributed by atoms with Crippen LogP contribution in [-0.4, -0.2) is 42.0 Å². The molecular weight excluding hydrogens is 434 g/mol.